The Morgan fingerprint density at radius 3 is 2.88 bits per heavy atom. The number of hydrogen-bond acceptors (Lipinski definition) is 4. The zero-order valence-electron chi connectivity index (χ0n) is 8.64. The van der Waals surface area contributed by atoms with E-state index in [2.05, 4.69) is 9.98 Å². The van der Waals surface area contributed by atoms with Gasteiger partial charge in [-0.15, -0.1) is 0 Å². The second-order valence-electron chi connectivity index (χ2n) is 3.68. The second-order valence-corrected chi connectivity index (χ2v) is 3.68. The molecule has 0 heterocycles. The molecule has 1 unspecified atom stereocenters. The van der Waals surface area contributed by atoms with Gasteiger partial charge in [0.2, 0.25) is 12.2 Å². The van der Waals surface area contributed by atoms with E-state index in [-0.39, 0.29) is 6.04 Å². The monoisotopic (exact) mass is 214 g/mol. The average molecular weight is 214 g/mol. The van der Waals surface area contributed by atoms with Crippen LogP contribution in [-0.4, -0.2) is 12.2 Å². The van der Waals surface area contributed by atoms with Crippen LogP contribution in [-0.2, 0) is 16.0 Å². The minimum absolute atomic E-state index is 0.213. The molecule has 0 aliphatic heterocycles. The minimum atomic E-state index is -0.213. The van der Waals surface area contributed by atoms with Gasteiger partial charge in [0.05, 0.1) is 11.7 Å². The van der Waals surface area contributed by atoms with Gasteiger partial charge in [0, 0.05) is 5.56 Å². The second kappa shape index (κ2) is 4.67. The first-order valence-electron chi connectivity index (χ1n) is 5.13. The Labute approximate surface area is 92.7 Å². The summed E-state index contributed by atoms with van der Waals surface area (Å²) in [6.07, 6.45) is 5.83. The molecule has 1 atom stereocenters. The van der Waals surface area contributed by atoms with Crippen LogP contribution in [0.15, 0.2) is 28.2 Å². The average Bonchev–Trinajstić information content (AvgIpc) is 2.30. The highest BCUT2D eigenvalue weighted by Gasteiger charge is 2.22. The number of carbonyl (C=O) groups excluding carboxylic acids is 2. The minimum Gasteiger partial charge on any atom is -0.211 e. The van der Waals surface area contributed by atoms with Gasteiger partial charge >= 0.3 is 0 Å². The van der Waals surface area contributed by atoms with E-state index in [9.17, 15) is 9.59 Å². The van der Waals surface area contributed by atoms with Crippen LogP contribution in [0.3, 0.4) is 0 Å². The fourth-order valence-electron chi connectivity index (χ4n) is 2.17. The van der Waals surface area contributed by atoms with Crippen molar-refractivity contribution in [1.82, 2.24) is 0 Å². The molecule has 0 fully saturated rings. The summed E-state index contributed by atoms with van der Waals surface area (Å²) in [7, 11) is 0. The zero-order valence-corrected chi connectivity index (χ0v) is 8.64. The van der Waals surface area contributed by atoms with Crippen molar-refractivity contribution < 1.29 is 9.59 Å². The third-order valence-electron chi connectivity index (χ3n) is 2.80. The molecule has 16 heavy (non-hydrogen) atoms. The van der Waals surface area contributed by atoms with E-state index in [0.29, 0.717) is 5.69 Å². The molecule has 0 saturated carbocycles. The molecule has 80 valence electrons. The first-order chi connectivity index (χ1) is 7.86. The Bertz CT molecular complexity index is 498. The van der Waals surface area contributed by atoms with Gasteiger partial charge in [-0.1, -0.05) is 12.1 Å². The third kappa shape index (κ3) is 1.84. The van der Waals surface area contributed by atoms with Crippen molar-refractivity contribution >= 4 is 17.8 Å². The first-order valence-corrected chi connectivity index (χ1v) is 5.13. The van der Waals surface area contributed by atoms with Crippen molar-refractivity contribution in [2.45, 2.75) is 25.3 Å². The first kappa shape index (κ1) is 10.5. The molecule has 1 aliphatic rings. The number of benzene rings is 1. The molecule has 4 nitrogen and oxygen atoms in total. The van der Waals surface area contributed by atoms with Crippen molar-refractivity contribution in [3.05, 3.63) is 29.3 Å². The lowest BCUT2D eigenvalue weighted by atomic mass is 9.87. The normalized spacial score (nSPS) is 17.9. The van der Waals surface area contributed by atoms with E-state index in [4.69, 9.17) is 0 Å². The molecule has 1 aromatic rings. The van der Waals surface area contributed by atoms with E-state index >= 15 is 0 Å². The van der Waals surface area contributed by atoms with Crippen molar-refractivity contribution in [1.29, 1.82) is 0 Å². The molecule has 4 heteroatoms. The summed E-state index contributed by atoms with van der Waals surface area (Å²) in [4.78, 5) is 28.1. The van der Waals surface area contributed by atoms with E-state index in [1.807, 2.05) is 12.1 Å². The summed E-state index contributed by atoms with van der Waals surface area (Å²) in [5.41, 5.74) is 2.54. The molecule has 2 rings (SSSR count). The highest BCUT2D eigenvalue weighted by atomic mass is 16.1. The number of isocyanates is 2. The van der Waals surface area contributed by atoms with Crippen LogP contribution >= 0.6 is 0 Å². The maximum atomic E-state index is 10.4. The molecule has 0 aromatic heterocycles. The van der Waals surface area contributed by atoms with Gasteiger partial charge in [0.15, 0.2) is 0 Å². The number of hydrogen-bond donors (Lipinski definition) is 0. The van der Waals surface area contributed by atoms with Crippen molar-refractivity contribution in [2.75, 3.05) is 0 Å². The predicted octanol–water partition coefficient (Wildman–Crippen LogP) is 2.37. The lowest BCUT2D eigenvalue weighted by Crippen LogP contribution is -2.08. The molecular weight excluding hydrogens is 204 g/mol. The van der Waals surface area contributed by atoms with Gasteiger partial charge in [0.1, 0.15) is 0 Å². The topological polar surface area (TPSA) is 58.9 Å². The number of nitrogens with zero attached hydrogens (tertiary/aromatic N) is 2. The van der Waals surface area contributed by atoms with Crippen LogP contribution in [0.4, 0.5) is 5.69 Å². The summed E-state index contributed by atoms with van der Waals surface area (Å²) in [6.45, 7) is 0. The highest BCUT2D eigenvalue weighted by molar-refractivity contribution is 5.58. The van der Waals surface area contributed by atoms with Gasteiger partial charge in [-0.05, 0) is 30.9 Å². The SMILES string of the molecule is O=C=Nc1cccc2c1C(N=C=O)CCC2. The fraction of sp³-hybridized carbons (Fsp3) is 0.333. The van der Waals surface area contributed by atoms with Gasteiger partial charge in [-0.3, -0.25) is 0 Å². The summed E-state index contributed by atoms with van der Waals surface area (Å²) in [6, 6.07) is 5.35. The lowest BCUT2D eigenvalue weighted by molar-refractivity contribution is 0.538. The predicted molar refractivity (Wildman–Crippen MR) is 58.0 cm³/mol. The van der Waals surface area contributed by atoms with Crippen molar-refractivity contribution in [3.8, 4) is 0 Å². The standard InChI is InChI=1S/C12H10N2O2/c15-7-13-10-5-1-3-9-4-2-6-11(12(9)10)14-8-16/h1,3,5,11H,2,4,6H2. The van der Waals surface area contributed by atoms with Crippen LogP contribution in [0.2, 0.25) is 0 Å². The molecule has 0 bridgehead atoms. The summed E-state index contributed by atoms with van der Waals surface area (Å²) >= 11 is 0. The van der Waals surface area contributed by atoms with E-state index < -0.39 is 0 Å². The maximum absolute atomic E-state index is 10.4. The van der Waals surface area contributed by atoms with E-state index in [1.165, 1.54) is 6.08 Å². The maximum Gasteiger partial charge on any atom is 0.240 e. The molecule has 0 saturated heterocycles. The van der Waals surface area contributed by atoms with Crippen molar-refractivity contribution in [3.63, 3.8) is 0 Å². The number of aliphatic imine (C=N–C) groups is 2. The third-order valence-corrected chi connectivity index (χ3v) is 2.80. The van der Waals surface area contributed by atoms with Gasteiger partial charge in [-0.2, -0.15) is 9.98 Å². The van der Waals surface area contributed by atoms with Crippen LogP contribution in [0.25, 0.3) is 0 Å². The molecule has 1 aromatic carbocycles. The van der Waals surface area contributed by atoms with Gasteiger partial charge in [0.25, 0.3) is 0 Å². The molecule has 0 amide bonds. The number of fused-ring (bicyclic) bond motifs is 1. The fourth-order valence-corrected chi connectivity index (χ4v) is 2.17. The quantitative estimate of drug-likeness (QED) is 0.560. The lowest BCUT2D eigenvalue weighted by Gasteiger charge is -2.22. The summed E-state index contributed by atoms with van der Waals surface area (Å²) in [5.74, 6) is 0. The summed E-state index contributed by atoms with van der Waals surface area (Å²) < 4.78 is 0. The number of aryl methyl sites for hydroxylation is 1. The Kier molecular flexibility index (Phi) is 3.06. The van der Waals surface area contributed by atoms with Gasteiger partial charge in [-0.25, -0.2) is 9.59 Å². The Balaban J connectivity index is 2.58. The van der Waals surface area contributed by atoms with Crippen LogP contribution in [0.1, 0.15) is 30.0 Å². The van der Waals surface area contributed by atoms with E-state index in [1.54, 1.807) is 12.1 Å². The van der Waals surface area contributed by atoms with Gasteiger partial charge < -0.3 is 0 Å². The molecule has 0 radical (unpaired) electrons. The molecule has 0 spiro atoms. The largest absolute Gasteiger partial charge is 0.240 e. The van der Waals surface area contributed by atoms with Crippen LogP contribution in [0, 0.1) is 0 Å². The van der Waals surface area contributed by atoms with Crippen molar-refractivity contribution in [2.24, 2.45) is 9.98 Å². The summed E-state index contributed by atoms with van der Waals surface area (Å²) in [5, 5.41) is 0. The van der Waals surface area contributed by atoms with Crippen LogP contribution in [0.5, 0.6) is 0 Å². The van der Waals surface area contributed by atoms with E-state index in [0.717, 1.165) is 30.4 Å². The highest BCUT2D eigenvalue weighted by Crippen LogP contribution is 2.38. The molecule has 0 N–H and O–H groups in total. The number of rotatable bonds is 2. The Morgan fingerprint density at radius 2 is 2.12 bits per heavy atom. The Morgan fingerprint density at radius 1 is 1.25 bits per heavy atom. The Hall–Kier alpha value is -2.02. The molecule has 1 aliphatic carbocycles. The zero-order chi connectivity index (χ0) is 11.4. The molecular formula is C12H10N2O2. The smallest absolute Gasteiger partial charge is 0.211 e. The van der Waals surface area contributed by atoms with Crippen LogP contribution < -0.4 is 0 Å².